The monoisotopic (exact) mass is 427 g/mol. The van der Waals surface area contributed by atoms with Crippen LogP contribution in [0, 0.1) is 11.7 Å². The number of carbonyl (C=O) groups is 1. The number of hydrogen-bond donors (Lipinski definition) is 1. The molecule has 1 fully saturated rings. The standard InChI is InChI=1S/C18H19BrFNO3S/c1-24-14-3-2-12(20)10-13(14)17(15-4-5-16(19)25-15)21-8-6-11(7-9-21)18(22)23/h2-5,10-11,17H,6-9H2,1H3,(H,22,23). The van der Waals surface area contributed by atoms with Crippen LogP contribution in [0.1, 0.15) is 29.3 Å². The Hall–Kier alpha value is -1.44. The Morgan fingerprint density at radius 2 is 2.08 bits per heavy atom. The van der Waals surface area contributed by atoms with Gasteiger partial charge in [0.05, 0.1) is 22.9 Å². The highest BCUT2D eigenvalue weighted by molar-refractivity contribution is 9.11. The fourth-order valence-corrected chi connectivity index (χ4v) is 4.91. The van der Waals surface area contributed by atoms with Crippen molar-refractivity contribution in [2.45, 2.75) is 18.9 Å². The summed E-state index contributed by atoms with van der Waals surface area (Å²) in [5.74, 6) is -0.715. The van der Waals surface area contributed by atoms with Crippen molar-refractivity contribution in [2.24, 2.45) is 5.92 Å². The minimum absolute atomic E-state index is 0.156. The number of methoxy groups -OCH3 is 1. The molecule has 0 radical (unpaired) electrons. The van der Waals surface area contributed by atoms with E-state index in [1.807, 2.05) is 12.1 Å². The summed E-state index contributed by atoms with van der Waals surface area (Å²) < 4.78 is 20.4. The molecule has 2 heterocycles. The van der Waals surface area contributed by atoms with Gasteiger partial charge in [-0.25, -0.2) is 4.39 Å². The minimum atomic E-state index is -0.738. The van der Waals surface area contributed by atoms with E-state index < -0.39 is 5.97 Å². The van der Waals surface area contributed by atoms with Crippen LogP contribution in [0.5, 0.6) is 5.75 Å². The predicted molar refractivity (Wildman–Crippen MR) is 98.7 cm³/mol. The number of benzene rings is 1. The average Bonchev–Trinajstić information content (AvgIpc) is 3.02. The summed E-state index contributed by atoms with van der Waals surface area (Å²) in [6, 6.07) is 8.39. The lowest BCUT2D eigenvalue weighted by molar-refractivity contribution is -0.143. The van der Waals surface area contributed by atoms with Gasteiger partial charge in [-0.15, -0.1) is 11.3 Å². The third-order valence-corrected chi connectivity index (χ3v) is 6.27. The van der Waals surface area contributed by atoms with Gasteiger partial charge in [-0.2, -0.15) is 0 Å². The quantitative estimate of drug-likeness (QED) is 0.760. The van der Waals surface area contributed by atoms with E-state index in [0.29, 0.717) is 31.7 Å². The molecule has 0 saturated carbocycles. The van der Waals surface area contributed by atoms with Crippen molar-refractivity contribution in [1.82, 2.24) is 4.90 Å². The molecule has 1 aliphatic rings. The molecule has 3 rings (SSSR count). The second-order valence-corrected chi connectivity index (χ2v) is 8.57. The van der Waals surface area contributed by atoms with Gasteiger partial charge in [0, 0.05) is 10.4 Å². The van der Waals surface area contributed by atoms with Gasteiger partial charge >= 0.3 is 5.97 Å². The maximum atomic E-state index is 13.9. The number of nitrogens with zero attached hydrogens (tertiary/aromatic N) is 1. The second-order valence-electron chi connectivity index (χ2n) is 6.08. The Morgan fingerprint density at radius 1 is 1.36 bits per heavy atom. The highest BCUT2D eigenvalue weighted by Crippen LogP contribution is 2.41. The summed E-state index contributed by atoms with van der Waals surface area (Å²) in [4.78, 5) is 14.5. The van der Waals surface area contributed by atoms with Crippen LogP contribution in [-0.4, -0.2) is 36.2 Å². The molecule has 0 aliphatic carbocycles. The zero-order chi connectivity index (χ0) is 18.0. The number of piperidine rings is 1. The summed E-state index contributed by atoms with van der Waals surface area (Å²) >= 11 is 5.09. The zero-order valence-corrected chi connectivity index (χ0v) is 16.1. The van der Waals surface area contributed by atoms with Crippen molar-refractivity contribution >= 4 is 33.2 Å². The predicted octanol–water partition coefficient (Wildman–Crippen LogP) is 4.54. The van der Waals surface area contributed by atoms with Crippen molar-refractivity contribution in [3.8, 4) is 5.75 Å². The average molecular weight is 428 g/mol. The van der Waals surface area contributed by atoms with Crippen molar-refractivity contribution in [3.05, 3.63) is 50.4 Å². The third kappa shape index (κ3) is 4.04. The summed E-state index contributed by atoms with van der Waals surface area (Å²) in [6.45, 7) is 1.30. The molecule has 7 heteroatoms. The molecule has 134 valence electrons. The molecule has 1 aromatic carbocycles. The maximum absolute atomic E-state index is 13.9. The lowest BCUT2D eigenvalue weighted by Crippen LogP contribution is -2.39. The Labute approximate surface area is 158 Å². The van der Waals surface area contributed by atoms with E-state index in [1.165, 1.54) is 12.1 Å². The van der Waals surface area contributed by atoms with Crippen LogP contribution in [-0.2, 0) is 4.79 Å². The number of hydrogen-bond acceptors (Lipinski definition) is 4. The largest absolute Gasteiger partial charge is 0.496 e. The van der Waals surface area contributed by atoms with Crippen LogP contribution < -0.4 is 4.74 Å². The van der Waals surface area contributed by atoms with Gasteiger partial charge in [-0.05, 0) is 72.2 Å². The highest BCUT2D eigenvalue weighted by atomic mass is 79.9. The van der Waals surface area contributed by atoms with E-state index in [-0.39, 0.29) is 17.8 Å². The summed E-state index contributed by atoms with van der Waals surface area (Å²) in [7, 11) is 1.58. The first-order valence-electron chi connectivity index (χ1n) is 8.05. The molecule has 25 heavy (non-hydrogen) atoms. The lowest BCUT2D eigenvalue weighted by Gasteiger charge is -2.36. The van der Waals surface area contributed by atoms with Gasteiger partial charge in [0.1, 0.15) is 11.6 Å². The molecule has 1 atom stereocenters. The Balaban J connectivity index is 1.97. The SMILES string of the molecule is COc1ccc(F)cc1C(c1ccc(Br)s1)N1CCC(C(=O)O)CC1. The summed E-state index contributed by atoms with van der Waals surface area (Å²) in [5, 5.41) is 9.23. The Morgan fingerprint density at radius 3 is 2.64 bits per heavy atom. The van der Waals surface area contributed by atoms with Gasteiger partial charge in [0.25, 0.3) is 0 Å². The van der Waals surface area contributed by atoms with Gasteiger partial charge in [-0.1, -0.05) is 0 Å². The number of aliphatic carboxylic acids is 1. The molecular weight excluding hydrogens is 409 g/mol. The van der Waals surface area contributed by atoms with Crippen LogP contribution in [0.15, 0.2) is 34.1 Å². The van der Waals surface area contributed by atoms with Crippen LogP contribution in [0.2, 0.25) is 0 Å². The third-order valence-electron chi connectivity index (χ3n) is 4.59. The van der Waals surface area contributed by atoms with Gasteiger partial charge < -0.3 is 9.84 Å². The highest BCUT2D eigenvalue weighted by Gasteiger charge is 2.32. The maximum Gasteiger partial charge on any atom is 0.306 e. The Kier molecular flexibility index (Phi) is 5.76. The van der Waals surface area contributed by atoms with Crippen molar-refractivity contribution in [2.75, 3.05) is 20.2 Å². The molecular formula is C18H19BrFNO3S. The smallest absolute Gasteiger partial charge is 0.306 e. The first-order chi connectivity index (χ1) is 12.0. The molecule has 1 aliphatic heterocycles. The molecule has 0 amide bonds. The van der Waals surface area contributed by atoms with E-state index in [9.17, 15) is 14.3 Å². The van der Waals surface area contributed by atoms with E-state index in [2.05, 4.69) is 20.8 Å². The molecule has 0 spiro atoms. The molecule has 4 nitrogen and oxygen atoms in total. The van der Waals surface area contributed by atoms with Crippen molar-refractivity contribution in [3.63, 3.8) is 0 Å². The zero-order valence-electron chi connectivity index (χ0n) is 13.7. The molecule has 1 unspecified atom stereocenters. The second kappa shape index (κ2) is 7.85. The minimum Gasteiger partial charge on any atom is -0.496 e. The molecule has 2 aromatic rings. The van der Waals surface area contributed by atoms with E-state index in [4.69, 9.17) is 4.74 Å². The summed E-state index contributed by atoms with van der Waals surface area (Å²) in [6.07, 6.45) is 1.19. The summed E-state index contributed by atoms with van der Waals surface area (Å²) in [5.41, 5.74) is 0.769. The van der Waals surface area contributed by atoms with Crippen LogP contribution >= 0.6 is 27.3 Å². The fourth-order valence-electron chi connectivity index (χ4n) is 3.33. The van der Waals surface area contributed by atoms with E-state index >= 15 is 0 Å². The number of likely N-dealkylation sites (tertiary alicyclic amines) is 1. The van der Waals surface area contributed by atoms with E-state index in [0.717, 1.165) is 14.2 Å². The fraction of sp³-hybridized carbons (Fsp3) is 0.389. The first kappa shape index (κ1) is 18.4. The number of carboxylic acid groups (broad SMARTS) is 1. The topological polar surface area (TPSA) is 49.8 Å². The molecule has 0 bridgehead atoms. The number of thiophene rings is 1. The van der Waals surface area contributed by atoms with Gasteiger partial charge in [-0.3, -0.25) is 9.69 Å². The normalized spacial score (nSPS) is 17.4. The van der Waals surface area contributed by atoms with Crippen molar-refractivity contribution in [1.29, 1.82) is 0 Å². The lowest BCUT2D eigenvalue weighted by atomic mass is 9.93. The molecule has 1 N–H and O–H groups in total. The first-order valence-corrected chi connectivity index (χ1v) is 9.66. The van der Waals surface area contributed by atoms with Crippen molar-refractivity contribution < 1.29 is 19.0 Å². The number of ether oxygens (including phenoxy) is 1. The Bertz CT molecular complexity index is 759. The number of halogens is 2. The number of carboxylic acids is 1. The number of rotatable bonds is 5. The molecule has 1 saturated heterocycles. The van der Waals surface area contributed by atoms with Crippen LogP contribution in [0.25, 0.3) is 0 Å². The molecule has 1 aromatic heterocycles. The van der Waals surface area contributed by atoms with Crippen LogP contribution in [0.3, 0.4) is 0 Å². The van der Waals surface area contributed by atoms with Gasteiger partial charge in [0.15, 0.2) is 0 Å². The van der Waals surface area contributed by atoms with Crippen LogP contribution in [0.4, 0.5) is 4.39 Å². The van der Waals surface area contributed by atoms with E-state index in [1.54, 1.807) is 24.5 Å². The van der Waals surface area contributed by atoms with Gasteiger partial charge in [0.2, 0.25) is 0 Å².